The molecule has 1 aromatic rings. The van der Waals surface area contributed by atoms with E-state index in [4.69, 9.17) is 9.47 Å². The molecule has 0 atom stereocenters. The van der Waals surface area contributed by atoms with Crippen LogP contribution in [0.2, 0.25) is 0 Å². The van der Waals surface area contributed by atoms with Crippen LogP contribution in [0.4, 0.5) is 32.0 Å². The summed E-state index contributed by atoms with van der Waals surface area (Å²) in [6.45, 7) is -0.0485. The van der Waals surface area contributed by atoms with Crippen molar-refractivity contribution in [3.8, 4) is 0 Å². The van der Waals surface area contributed by atoms with Crippen molar-refractivity contribution in [2.45, 2.75) is 18.0 Å². The number of morpholine rings is 1. The summed E-state index contributed by atoms with van der Waals surface area (Å²) in [5.41, 5.74) is -5.81. The van der Waals surface area contributed by atoms with Gasteiger partial charge in [-0.25, -0.2) is 4.99 Å². The van der Waals surface area contributed by atoms with E-state index in [0.717, 1.165) is 29.2 Å². The van der Waals surface area contributed by atoms with E-state index >= 15 is 0 Å². The first-order chi connectivity index (χ1) is 13.4. The zero-order valence-electron chi connectivity index (χ0n) is 14.3. The van der Waals surface area contributed by atoms with Crippen molar-refractivity contribution in [3.05, 3.63) is 39.9 Å². The maximum atomic E-state index is 13.6. The Hall–Kier alpha value is -2.90. The summed E-state index contributed by atoms with van der Waals surface area (Å²) in [7, 11) is 0. The highest BCUT2D eigenvalue weighted by Gasteiger charge is 2.74. The number of hydrogen-bond donors (Lipinski definition) is 0. The number of alkyl halides is 6. The molecule has 1 aromatic carbocycles. The van der Waals surface area contributed by atoms with E-state index in [2.05, 4.69) is 9.98 Å². The van der Waals surface area contributed by atoms with E-state index in [1.54, 1.807) is 0 Å². The lowest BCUT2D eigenvalue weighted by molar-refractivity contribution is -0.384. The molecule has 1 fully saturated rings. The maximum absolute atomic E-state index is 13.6. The van der Waals surface area contributed by atoms with Gasteiger partial charge in [-0.2, -0.15) is 31.3 Å². The lowest BCUT2D eigenvalue weighted by Crippen LogP contribution is -2.58. The van der Waals surface area contributed by atoms with Crippen molar-refractivity contribution in [2.75, 3.05) is 26.3 Å². The molecule has 0 aromatic heterocycles. The van der Waals surface area contributed by atoms with E-state index in [0.29, 0.717) is 0 Å². The van der Waals surface area contributed by atoms with Gasteiger partial charge in [0.2, 0.25) is 5.90 Å². The monoisotopic (exact) mass is 426 g/mol. The fourth-order valence-electron chi connectivity index (χ4n) is 2.62. The largest absolute Gasteiger partial charge is 0.443 e. The van der Waals surface area contributed by atoms with Crippen LogP contribution in [0, 0.1) is 10.1 Å². The van der Waals surface area contributed by atoms with Crippen molar-refractivity contribution in [1.82, 2.24) is 4.90 Å². The van der Waals surface area contributed by atoms with Gasteiger partial charge in [0, 0.05) is 30.8 Å². The summed E-state index contributed by atoms with van der Waals surface area (Å²) in [5, 5.41) is 10.9. The van der Waals surface area contributed by atoms with Crippen molar-refractivity contribution < 1.29 is 40.7 Å². The van der Waals surface area contributed by atoms with Crippen LogP contribution in [-0.4, -0.2) is 66.1 Å². The van der Waals surface area contributed by atoms with Crippen LogP contribution in [0.25, 0.3) is 0 Å². The van der Waals surface area contributed by atoms with Gasteiger partial charge in [0.15, 0.2) is 0 Å². The van der Waals surface area contributed by atoms with Crippen LogP contribution in [0.5, 0.6) is 0 Å². The number of nitro benzene ring substituents is 1. The third-order valence-corrected chi connectivity index (χ3v) is 4.08. The molecule has 29 heavy (non-hydrogen) atoms. The fraction of sp³-hybridized carbons (Fsp3) is 0.467. The molecule has 0 radical (unpaired) electrons. The Morgan fingerprint density at radius 3 is 2.24 bits per heavy atom. The Morgan fingerprint density at radius 1 is 1.07 bits per heavy atom. The lowest BCUT2D eigenvalue weighted by atomic mass is 10.1. The first-order valence-corrected chi connectivity index (χ1v) is 8.03. The van der Waals surface area contributed by atoms with Crippen LogP contribution in [0.3, 0.4) is 0 Å². The predicted molar refractivity (Wildman–Crippen MR) is 85.4 cm³/mol. The van der Waals surface area contributed by atoms with Gasteiger partial charge >= 0.3 is 18.0 Å². The Kier molecular flexibility index (Phi) is 5.15. The van der Waals surface area contributed by atoms with E-state index in [1.807, 2.05) is 0 Å². The fourth-order valence-corrected chi connectivity index (χ4v) is 2.62. The third-order valence-electron chi connectivity index (χ3n) is 4.08. The Bertz CT molecular complexity index is 847. The molecule has 3 rings (SSSR count). The van der Waals surface area contributed by atoms with Crippen molar-refractivity contribution in [3.63, 3.8) is 0 Å². The van der Waals surface area contributed by atoms with Gasteiger partial charge < -0.3 is 14.4 Å². The van der Waals surface area contributed by atoms with Gasteiger partial charge in [-0.15, -0.1) is 0 Å². The average Bonchev–Trinajstić information content (AvgIpc) is 2.66. The second-order valence-electron chi connectivity index (χ2n) is 5.99. The summed E-state index contributed by atoms with van der Waals surface area (Å²) < 4.78 is 91.7. The van der Waals surface area contributed by atoms with E-state index in [9.17, 15) is 36.5 Å². The number of benzene rings is 1. The molecule has 2 heterocycles. The highest BCUT2D eigenvalue weighted by Crippen LogP contribution is 2.49. The van der Waals surface area contributed by atoms with Crippen LogP contribution in [0.1, 0.15) is 5.56 Å². The number of hydrogen-bond acceptors (Lipinski definition) is 7. The topological polar surface area (TPSA) is 89.6 Å². The van der Waals surface area contributed by atoms with E-state index in [-0.39, 0.29) is 26.3 Å². The summed E-state index contributed by atoms with van der Waals surface area (Å²) in [4.78, 5) is 16.7. The molecule has 0 amide bonds. The molecule has 0 N–H and O–H groups in total. The average molecular weight is 426 g/mol. The number of non-ortho nitro benzene ring substituents is 1. The third kappa shape index (κ3) is 3.83. The van der Waals surface area contributed by atoms with Crippen LogP contribution >= 0.6 is 0 Å². The van der Waals surface area contributed by atoms with Crippen molar-refractivity contribution >= 4 is 17.6 Å². The molecule has 0 aliphatic carbocycles. The molecule has 1 saturated heterocycles. The second-order valence-corrected chi connectivity index (χ2v) is 5.99. The number of rotatable bonds is 2. The van der Waals surface area contributed by atoms with E-state index < -0.39 is 46.1 Å². The molecular formula is C15H12F6N4O4. The van der Waals surface area contributed by atoms with Gasteiger partial charge in [-0.1, -0.05) is 6.07 Å². The summed E-state index contributed by atoms with van der Waals surface area (Å²) >= 11 is 0. The van der Waals surface area contributed by atoms with Gasteiger partial charge in [0.25, 0.3) is 11.7 Å². The second kappa shape index (κ2) is 7.17. The molecule has 8 nitrogen and oxygen atoms in total. The molecule has 0 saturated carbocycles. The number of amidine groups is 1. The lowest BCUT2D eigenvalue weighted by Gasteiger charge is -2.37. The normalized spacial score (nSPS) is 19.9. The molecule has 0 bridgehead atoms. The quantitative estimate of drug-likeness (QED) is 0.412. The maximum Gasteiger partial charge on any atom is 0.443 e. The molecule has 14 heteroatoms. The number of halogens is 6. The number of aliphatic imine (C=N–C) groups is 2. The first kappa shape index (κ1) is 20.8. The molecular weight excluding hydrogens is 414 g/mol. The molecule has 0 unspecified atom stereocenters. The van der Waals surface area contributed by atoms with Crippen LogP contribution < -0.4 is 0 Å². The number of nitro groups is 1. The SMILES string of the molecule is O=[N+]([O-])c1cccc(C2=NC(C(F)(F)F)(C(F)(F)F)N=C(N3CCOCC3)O2)c1. The zero-order valence-corrected chi connectivity index (χ0v) is 14.3. The Morgan fingerprint density at radius 2 is 1.69 bits per heavy atom. The Labute approximate surface area is 158 Å². The highest BCUT2D eigenvalue weighted by molar-refractivity contribution is 6.03. The minimum absolute atomic E-state index is 0.0384. The van der Waals surface area contributed by atoms with Gasteiger partial charge in [0.1, 0.15) is 0 Å². The highest BCUT2D eigenvalue weighted by atomic mass is 19.4. The minimum Gasteiger partial charge on any atom is -0.406 e. The van der Waals surface area contributed by atoms with Crippen molar-refractivity contribution in [1.29, 1.82) is 0 Å². The van der Waals surface area contributed by atoms with Crippen molar-refractivity contribution in [2.24, 2.45) is 9.98 Å². The summed E-state index contributed by atoms with van der Waals surface area (Å²) in [6.07, 6.45) is -11.9. The first-order valence-electron chi connectivity index (χ1n) is 8.03. The van der Waals surface area contributed by atoms with Gasteiger partial charge in [0.05, 0.1) is 18.1 Å². The smallest absolute Gasteiger partial charge is 0.406 e. The number of ether oxygens (including phenoxy) is 2. The summed E-state index contributed by atoms with van der Waals surface area (Å²) in [5.74, 6) is -1.08. The van der Waals surface area contributed by atoms with Gasteiger partial charge in [-0.3, -0.25) is 10.1 Å². The van der Waals surface area contributed by atoms with Gasteiger partial charge in [-0.05, 0) is 6.07 Å². The zero-order chi connectivity index (χ0) is 21.4. The minimum atomic E-state index is -5.95. The van der Waals surface area contributed by atoms with Crippen LogP contribution in [0.15, 0.2) is 34.3 Å². The Balaban J connectivity index is 2.17. The van der Waals surface area contributed by atoms with Crippen LogP contribution in [-0.2, 0) is 9.47 Å². The molecule has 0 spiro atoms. The standard InChI is InChI=1S/C15H12F6N4O4/c16-14(17,18)13(15(19,20)21)22-11(9-2-1-3-10(8-9)25(26)27)29-12(23-13)24-4-6-28-7-5-24/h1-3,8H,4-7H2. The molecule has 2 aliphatic rings. The predicted octanol–water partition coefficient (Wildman–Crippen LogP) is 2.88. The number of nitrogens with zero attached hydrogens (tertiary/aromatic N) is 4. The summed E-state index contributed by atoms with van der Waals surface area (Å²) in [6, 6.07) is 2.97. The molecule has 158 valence electrons. The van der Waals surface area contributed by atoms with E-state index in [1.165, 1.54) is 0 Å². The molecule has 2 aliphatic heterocycles.